The quantitative estimate of drug-likeness (QED) is 0.856. The fraction of sp³-hybridized carbons (Fsp3) is 0.211. The highest BCUT2D eigenvalue weighted by molar-refractivity contribution is 6.00. The molecule has 2 rings (SSSR count). The molecule has 0 radical (unpaired) electrons. The van der Waals surface area contributed by atoms with Crippen LogP contribution >= 0.6 is 0 Å². The molecule has 0 aliphatic heterocycles. The molecular weight excluding hydrogens is 274 g/mol. The summed E-state index contributed by atoms with van der Waals surface area (Å²) in [6.07, 6.45) is 2.11. The Labute approximate surface area is 131 Å². The lowest BCUT2D eigenvalue weighted by Crippen LogP contribution is -2.08. The summed E-state index contributed by atoms with van der Waals surface area (Å²) in [6, 6.07) is 15.1. The molecule has 0 bridgehead atoms. The second-order valence-electron chi connectivity index (χ2n) is 5.55. The minimum atomic E-state index is 0.0577. The molecular formula is C19H21NO2. The highest BCUT2D eigenvalue weighted by Gasteiger charge is 2.08. The van der Waals surface area contributed by atoms with Crippen LogP contribution in [-0.2, 0) is 11.2 Å². The molecule has 0 aliphatic carbocycles. The van der Waals surface area contributed by atoms with E-state index in [1.807, 2.05) is 61.5 Å². The van der Waals surface area contributed by atoms with Gasteiger partial charge in [0.25, 0.3) is 0 Å². The van der Waals surface area contributed by atoms with Crippen molar-refractivity contribution in [3.63, 3.8) is 0 Å². The summed E-state index contributed by atoms with van der Waals surface area (Å²) in [5.41, 5.74) is 3.21. The van der Waals surface area contributed by atoms with Crippen LogP contribution in [0.2, 0.25) is 0 Å². The number of hydrogen-bond donors (Lipinski definition) is 1. The van der Waals surface area contributed by atoms with E-state index in [2.05, 4.69) is 0 Å². The normalized spacial score (nSPS) is 11.3. The lowest BCUT2D eigenvalue weighted by molar-refractivity contribution is -0.114. The fourth-order valence-electron chi connectivity index (χ4n) is 2.17. The predicted molar refractivity (Wildman–Crippen MR) is 91.2 cm³/mol. The van der Waals surface area contributed by atoms with Gasteiger partial charge in [0, 0.05) is 37.8 Å². The van der Waals surface area contributed by atoms with Gasteiger partial charge >= 0.3 is 0 Å². The number of hydrogen-bond acceptors (Lipinski definition) is 3. The van der Waals surface area contributed by atoms with Crippen molar-refractivity contribution in [2.45, 2.75) is 13.3 Å². The zero-order valence-corrected chi connectivity index (χ0v) is 13.2. The van der Waals surface area contributed by atoms with Gasteiger partial charge in [-0.05, 0) is 36.3 Å². The first-order chi connectivity index (χ1) is 10.5. The lowest BCUT2D eigenvalue weighted by atomic mass is 10.0. The number of carbonyl (C=O) groups is 1. The first-order valence-corrected chi connectivity index (χ1v) is 7.23. The van der Waals surface area contributed by atoms with Crippen molar-refractivity contribution in [1.29, 1.82) is 0 Å². The molecule has 0 aliphatic rings. The van der Waals surface area contributed by atoms with Gasteiger partial charge in [0.2, 0.25) is 0 Å². The minimum absolute atomic E-state index is 0.0577. The molecule has 114 valence electrons. The van der Waals surface area contributed by atoms with Crippen LogP contribution in [0, 0.1) is 0 Å². The molecule has 3 nitrogen and oxygen atoms in total. The maximum atomic E-state index is 12.2. The molecule has 3 heteroatoms. The number of anilines is 1. The van der Waals surface area contributed by atoms with Crippen LogP contribution < -0.4 is 4.90 Å². The van der Waals surface area contributed by atoms with E-state index in [1.165, 1.54) is 0 Å². The van der Waals surface area contributed by atoms with E-state index in [1.54, 1.807) is 19.1 Å². The third-order valence-corrected chi connectivity index (χ3v) is 3.55. The van der Waals surface area contributed by atoms with Crippen LogP contribution in [0.3, 0.4) is 0 Å². The average Bonchev–Trinajstić information content (AvgIpc) is 2.50. The standard InChI is InChI=1S/C19H21NO2/c1-14(18(21)12-15-7-5-4-6-8-15)11-16-9-10-17(20(2)3)13-19(16)22/h4-11,13,22H,12H2,1-3H3. The Bertz CT molecular complexity index is 688. The molecule has 2 aromatic rings. The fourth-order valence-corrected chi connectivity index (χ4v) is 2.17. The topological polar surface area (TPSA) is 40.5 Å². The van der Waals surface area contributed by atoms with Crippen LogP contribution in [-0.4, -0.2) is 25.0 Å². The molecule has 0 saturated heterocycles. The summed E-state index contributed by atoms with van der Waals surface area (Å²) in [7, 11) is 3.83. The molecule has 1 N–H and O–H groups in total. The summed E-state index contributed by atoms with van der Waals surface area (Å²) >= 11 is 0. The van der Waals surface area contributed by atoms with E-state index in [9.17, 15) is 9.90 Å². The summed E-state index contributed by atoms with van der Waals surface area (Å²) in [6.45, 7) is 1.78. The third kappa shape index (κ3) is 3.98. The van der Waals surface area contributed by atoms with E-state index in [0.29, 0.717) is 17.6 Å². The number of rotatable bonds is 5. The second-order valence-corrected chi connectivity index (χ2v) is 5.55. The molecule has 0 amide bonds. The zero-order chi connectivity index (χ0) is 16.1. The van der Waals surface area contributed by atoms with Crippen molar-refractivity contribution >= 4 is 17.5 Å². The van der Waals surface area contributed by atoms with E-state index in [0.717, 1.165) is 11.3 Å². The van der Waals surface area contributed by atoms with Crippen LogP contribution in [0.5, 0.6) is 5.75 Å². The monoisotopic (exact) mass is 295 g/mol. The predicted octanol–water partition coefficient (Wildman–Crippen LogP) is 3.67. The van der Waals surface area contributed by atoms with E-state index in [4.69, 9.17) is 0 Å². The van der Waals surface area contributed by atoms with Crippen molar-refractivity contribution in [2.75, 3.05) is 19.0 Å². The van der Waals surface area contributed by atoms with Gasteiger partial charge in [-0.2, -0.15) is 0 Å². The van der Waals surface area contributed by atoms with Gasteiger partial charge < -0.3 is 10.0 Å². The van der Waals surface area contributed by atoms with Gasteiger partial charge in [0.15, 0.2) is 5.78 Å². The summed E-state index contributed by atoms with van der Waals surface area (Å²) in [5.74, 6) is 0.236. The molecule has 2 aromatic carbocycles. The Kier molecular flexibility index (Phi) is 4.99. The molecule has 0 saturated carbocycles. The van der Waals surface area contributed by atoms with Gasteiger partial charge in [0.1, 0.15) is 5.75 Å². The Balaban J connectivity index is 2.16. The van der Waals surface area contributed by atoms with E-state index >= 15 is 0 Å². The first kappa shape index (κ1) is 15.8. The third-order valence-electron chi connectivity index (χ3n) is 3.55. The minimum Gasteiger partial charge on any atom is -0.507 e. The Hall–Kier alpha value is -2.55. The Morgan fingerprint density at radius 3 is 2.41 bits per heavy atom. The maximum absolute atomic E-state index is 12.2. The number of carbonyl (C=O) groups excluding carboxylic acids is 1. The molecule has 0 aromatic heterocycles. The Morgan fingerprint density at radius 2 is 1.82 bits per heavy atom. The van der Waals surface area contributed by atoms with Crippen LogP contribution in [0.15, 0.2) is 54.1 Å². The molecule has 22 heavy (non-hydrogen) atoms. The average molecular weight is 295 g/mol. The molecule has 0 unspecified atom stereocenters. The molecule has 0 fully saturated rings. The van der Waals surface area contributed by atoms with Gasteiger partial charge in [0.05, 0.1) is 0 Å². The summed E-state index contributed by atoms with van der Waals surface area (Å²) in [5, 5.41) is 10.1. The van der Waals surface area contributed by atoms with Crippen molar-refractivity contribution in [2.24, 2.45) is 0 Å². The van der Waals surface area contributed by atoms with Crippen molar-refractivity contribution in [1.82, 2.24) is 0 Å². The number of allylic oxidation sites excluding steroid dienone is 1. The SMILES string of the molecule is CC(=Cc1ccc(N(C)C)cc1O)C(=O)Cc1ccccc1. The number of benzene rings is 2. The molecule has 0 spiro atoms. The largest absolute Gasteiger partial charge is 0.507 e. The number of Topliss-reactive ketones (excluding diaryl/α,β-unsaturated/α-hetero) is 1. The smallest absolute Gasteiger partial charge is 0.162 e. The second kappa shape index (κ2) is 6.94. The van der Waals surface area contributed by atoms with Gasteiger partial charge in [-0.1, -0.05) is 30.3 Å². The molecule has 0 heterocycles. The van der Waals surface area contributed by atoms with E-state index in [-0.39, 0.29) is 11.5 Å². The first-order valence-electron chi connectivity index (χ1n) is 7.23. The number of ketones is 1. The molecule has 0 atom stereocenters. The lowest BCUT2D eigenvalue weighted by Gasteiger charge is -2.13. The number of phenols is 1. The highest BCUT2D eigenvalue weighted by Crippen LogP contribution is 2.25. The highest BCUT2D eigenvalue weighted by atomic mass is 16.3. The van der Waals surface area contributed by atoms with Gasteiger partial charge in [-0.3, -0.25) is 4.79 Å². The zero-order valence-electron chi connectivity index (χ0n) is 13.2. The van der Waals surface area contributed by atoms with Crippen LogP contribution in [0.1, 0.15) is 18.1 Å². The van der Waals surface area contributed by atoms with Gasteiger partial charge in [-0.25, -0.2) is 0 Å². The van der Waals surface area contributed by atoms with Crippen LogP contribution in [0.25, 0.3) is 6.08 Å². The van der Waals surface area contributed by atoms with E-state index < -0.39 is 0 Å². The van der Waals surface area contributed by atoms with Crippen LogP contribution in [0.4, 0.5) is 5.69 Å². The number of nitrogens with zero attached hydrogens (tertiary/aromatic N) is 1. The maximum Gasteiger partial charge on any atom is 0.162 e. The number of phenolic OH excluding ortho intramolecular Hbond substituents is 1. The van der Waals surface area contributed by atoms with Crippen molar-refractivity contribution < 1.29 is 9.90 Å². The summed E-state index contributed by atoms with van der Waals surface area (Å²) in [4.78, 5) is 14.2. The Morgan fingerprint density at radius 1 is 1.14 bits per heavy atom. The van der Waals surface area contributed by atoms with Crippen molar-refractivity contribution in [3.05, 3.63) is 65.2 Å². The van der Waals surface area contributed by atoms with Crippen molar-refractivity contribution in [3.8, 4) is 5.75 Å². The summed E-state index contributed by atoms with van der Waals surface area (Å²) < 4.78 is 0. The number of aromatic hydroxyl groups is 1. The van der Waals surface area contributed by atoms with Gasteiger partial charge in [-0.15, -0.1) is 0 Å².